The summed E-state index contributed by atoms with van der Waals surface area (Å²) in [5.41, 5.74) is 2.29. The predicted molar refractivity (Wildman–Crippen MR) is 111 cm³/mol. The molecule has 8 heteroatoms. The number of benzene rings is 2. The average Bonchev–Trinajstić information content (AvgIpc) is 2.72. The summed E-state index contributed by atoms with van der Waals surface area (Å²) in [5, 5.41) is 11.0. The van der Waals surface area contributed by atoms with E-state index < -0.39 is 10.0 Å². The molecule has 2 heterocycles. The lowest BCUT2D eigenvalue weighted by Crippen LogP contribution is -2.36. The largest absolute Gasteiger partial charge is 0.505 e. The maximum absolute atomic E-state index is 13.4. The summed E-state index contributed by atoms with van der Waals surface area (Å²) in [5.74, 6) is -0.502. The highest BCUT2D eigenvalue weighted by molar-refractivity contribution is 7.89. The third kappa shape index (κ3) is 3.24. The van der Waals surface area contributed by atoms with E-state index in [4.69, 9.17) is 0 Å². The number of aryl methyl sites for hydroxylation is 1. The van der Waals surface area contributed by atoms with Gasteiger partial charge in [0.25, 0.3) is 5.91 Å². The van der Waals surface area contributed by atoms with Crippen LogP contribution in [0.2, 0.25) is 0 Å². The van der Waals surface area contributed by atoms with E-state index in [0.29, 0.717) is 36.0 Å². The van der Waals surface area contributed by atoms with E-state index in [1.165, 1.54) is 30.7 Å². The van der Waals surface area contributed by atoms with Crippen LogP contribution in [0.5, 0.6) is 5.75 Å². The van der Waals surface area contributed by atoms with E-state index in [1.54, 1.807) is 35.2 Å². The zero-order valence-electron chi connectivity index (χ0n) is 16.2. The van der Waals surface area contributed by atoms with Crippen molar-refractivity contribution in [3.8, 4) is 5.75 Å². The molecule has 0 bridgehead atoms. The number of aromatic hydroxyl groups is 1. The van der Waals surface area contributed by atoms with Crippen LogP contribution in [0, 0.1) is 0 Å². The third-order valence-electron chi connectivity index (χ3n) is 5.16. The first-order valence-electron chi connectivity index (χ1n) is 9.25. The fourth-order valence-corrected chi connectivity index (χ4v) is 4.60. The number of nitrogens with zero attached hydrogens (tertiary/aromatic N) is 3. The number of hydrogen-bond donors (Lipinski definition) is 1. The minimum Gasteiger partial charge on any atom is -0.505 e. The Labute approximate surface area is 169 Å². The third-order valence-corrected chi connectivity index (χ3v) is 6.97. The van der Waals surface area contributed by atoms with Crippen LogP contribution < -0.4 is 4.90 Å². The number of rotatable bonds is 3. The first-order valence-corrected chi connectivity index (χ1v) is 10.7. The number of amides is 1. The van der Waals surface area contributed by atoms with Gasteiger partial charge in [0.1, 0.15) is 5.75 Å². The number of sulfonamides is 1. The van der Waals surface area contributed by atoms with Crippen molar-refractivity contribution in [1.82, 2.24) is 9.29 Å². The van der Waals surface area contributed by atoms with Crippen molar-refractivity contribution in [2.24, 2.45) is 0 Å². The maximum atomic E-state index is 13.4. The molecule has 1 aliphatic heterocycles. The molecule has 150 valence electrons. The van der Waals surface area contributed by atoms with E-state index in [-0.39, 0.29) is 22.1 Å². The lowest BCUT2D eigenvalue weighted by atomic mass is 9.99. The summed E-state index contributed by atoms with van der Waals surface area (Å²) in [6.07, 6.45) is 2.67. The Morgan fingerprint density at radius 3 is 2.69 bits per heavy atom. The molecule has 1 N–H and O–H groups in total. The number of anilines is 1. The van der Waals surface area contributed by atoms with Gasteiger partial charge >= 0.3 is 0 Å². The monoisotopic (exact) mass is 411 g/mol. The van der Waals surface area contributed by atoms with E-state index in [2.05, 4.69) is 4.98 Å². The number of fused-ring (bicyclic) bond motifs is 2. The van der Waals surface area contributed by atoms with Gasteiger partial charge in [-0.15, -0.1) is 0 Å². The van der Waals surface area contributed by atoms with E-state index in [9.17, 15) is 18.3 Å². The average molecular weight is 411 g/mol. The fraction of sp³-hybridized carbons (Fsp3) is 0.238. The second-order valence-electron chi connectivity index (χ2n) is 7.17. The molecular weight excluding hydrogens is 390 g/mol. The highest BCUT2D eigenvalue weighted by Crippen LogP contribution is 2.34. The van der Waals surface area contributed by atoms with Gasteiger partial charge < -0.3 is 10.0 Å². The Bertz CT molecular complexity index is 1220. The van der Waals surface area contributed by atoms with Crippen LogP contribution in [-0.4, -0.2) is 49.4 Å². The summed E-state index contributed by atoms with van der Waals surface area (Å²) >= 11 is 0. The molecule has 0 aliphatic carbocycles. The molecule has 1 aromatic heterocycles. The highest BCUT2D eigenvalue weighted by atomic mass is 32.2. The molecule has 0 saturated carbocycles. The van der Waals surface area contributed by atoms with Gasteiger partial charge in [-0.1, -0.05) is 18.2 Å². The number of pyridine rings is 1. The molecule has 7 nitrogen and oxygen atoms in total. The van der Waals surface area contributed by atoms with Crippen LogP contribution in [0.25, 0.3) is 10.9 Å². The molecule has 0 fully saturated rings. The van der Waals surface area contributed by atoms with Gasteiger partial charge in [0.2, 0.25) is 10.0 Å². The van der Waals surface area contributed by atoms with Crippen LogP contribution in [-0.2, 0) is 16.4 Å². The normalized spacial score (nSPS) is 14.2. The van der Waals surface area contributed by atoms with Crippen LogP contribution in [0.1, 0.15) is 22.3 Å². The standard InChI is InChI=1S/C21H21N3O4S/c1-23(2)29(27,28)15-9-10-18-14(12-15)6-5-11-24(18)21(26)20-16-7-3-4-8-17(16)22-13-19(20)25/h3-4,7-10,12-13,25H,5-6,11H2,1-2H3. The number of carbonyl (C=O) groups is 1. The summed E-state index contributed by atoms with van der Waals surface area (Å²) in [6, 6.07) is 12.0. The molecule has 4 rings (SSSR count). The molecule has 0 saturated heterocycles. The predicted octanol–water partition coefficient (Wildman–Crippen LogP) is 2.78. The van der Waals surface area contributed by atoms with Crippen molar-refractivity contribution < 1.29 is 18.3 Å². The van der Waals surface area contributed by atoms with Crippen molar-refractivity contribution in [3.05, 3.63) is 59.8 Å². The topological polar surface area (TPSA) is 90.8 Å². The molecular formula is C21H21N3O4S. The smallest absolute Gasteiger partial charge is 0.262 e. The molecule has 0 spiro atoms. The maximum Gasteiger partial charge on any atom is 0.262 e. The minimum absolute atomic E-state index is 0.173. The van der Waals surface area contributed by atoms with Crippen LogP contribution in [0.3, 0.4) is 0 Å². The molecule has 0 atom stereocenters. The number of carbonyl (C=O) groups excluding carboxylic acids is 1. The minimum atomic E-state index is -3.55. The Kier molecular flexibility index (Phi) is 4.76. The Hall–Kier alpha value is -2.97. The lowest BCUT2D eigenvalue weighted by Gasteiger charge is -2.30. The summed E-state index contributed by atoms with van der Waals surface area (Å²) in [4.78, 5) is 19.4. The second-order valence-corrected chi connectivity index (χ2v) is 9.33. The highest BCUT2D eigenvalue weighted by Gasteiger charge is 2.28. The number of aromatic nitrogens is 1. The van der Waals surface area contributed by atoms with E-state index >= 15 is 0 Å². The first-order chi connectivity index (χ1) is 13.8. The van der Waals surface area contributed by atoms with Gasteiger partial charge in [-0.2, -0.15) is 0 Å². The number of para-hydroxylation sites is 1. The molecule has 2 aromatic carbocycles. The fourth-order valence-electron chi connectivity index (χ4n) is 3.65. The Morgan fingerprint density at radius 1 is 1.17 bits per heavy atom. The molecule has 29 heavy (non-hydrogen) atoms. The van der Waals surface area contributed by atoms with Gasteiger partial charge in [-0.25, -0.2) is 12.7 Å². The van der Waals surface area contributed by atoms with Crippen LogP contribution >= 0.6 is 0 Å². The molecule has 0 radical (unpaired) electrons. The van der Waals surface area contributed by atoms with Crippen LogP contribution in [0.15, 0.2) is 53.6 Å². The Morgan fingerprint density at radius 2 is 1.93 bits per heavy atom. The molecule has 3 aromatic rings. The van der Waals surface area contributed by atoms with Gasteiger partial charge in [0.05, 0.1) is 22.2 Å². The zero-order valence-corrected chi connectivity index (χ0v) is 17.0. The van der Waals surface area contributed by atoms with Gasteiger partial charge in [-0.3, -0.25) is 9.78 Å². The van der Waals surface area contributed by atoms with Gasteiger partial charge in [0, 0.05) is 31.7 Å². The van der Waals surface area contributed by atoms with Crippen molar-refractivity contribution in [1.29, 1.82) is 0 Å². The summed E-state index contributed by atoms with van der Waals surface area (Å²) in [6.45, 7) is 0.488. The Balaban J connectivity index is 1.80. The van der Waals surface area contributed by atoms with E-state index in [1.807, 2.05) is 6.07 Å². The molecule has 1 amide bonds. The summed E-state index contributed by atoms with van der Waals surface area (Å²) in [7, 11) is -0.578. The lowest BCUT2D eigenvalue weighted by molar-refractivity contribution is 0.0984. The van der Waals surface area contributed by atoms with E-state index in [0.717, 1.165) is 5.56 Å². The second kappa shape index (κ2) is 7.13. The quantitative estimate of drug-likeness (QED) is 0.716. The number of hydrogen-bond acceptors (Lipinski definition) is 5. The van der Waals surface area contributed by atoms with Crippen LogP contribution in [0.4, 0.5) is 5.69 Å². The molecule has 0 unspecified atom stereocenters. The van der Waals surface area contributed by atoms with Gasteiger partial charge in [-0.05, 0) is 42.7 Å². The van der Waals surface area contributed by atoms with Gasteiger partial charge in [0.15, 0.2) is 0 Å². The van der Waals surface area contributed by atoms with Crippen molar-refractivity contribution >= 4 is 32.5 Å². The van der Waals surface area contributed by atoms with Crippen molar-refractivity contribution in [3.63, 3.8) is 0 Å². The first kappa shape index (κ1) is 19.4. The molecule has 1 aliphatic rings. The zero-order chi connectivity index (χ0) is 20.8. The van der Waals surface area contributed by atoms with Crippen molar-refractivity contribution in [2.45, 2.75) is 17.7 Å². The SMILES string of the molecule is CN(C)S(=O)(=O)c1ccc2c(c1)CCCN2C(=O)c1c(O)cnc2ccccc12. The van der Waals surface area contributed by atoms with Crippen molar-refractivity contribution in [2.75, 3.05) is 25.5 Å². The summed E-state index contributed by atoms with van der Waals surface area (Å²) < 4.78 is 26.1.